The van der Waals surface area contributed by atoms with Gasteiger partial charge in [-0.3, -0.25) is 4.79 Å². The fourth-order valence-electron chi connectivity index (χ4n) is 2.75. The fourth-order valence-corrected chi connectivity index (χ4v) is 3.73. The average Bonchev–Trinajstić information content (AvgIpc) is 3.05. The third-order valence-corrected chi connectivity index (χ3v) is 5.49. The second kappa shape index (κ2) is 8.83. The molecule has 0 bridgehead atoms. The Morgan fingerprint density at radius 2 is 1.97 bits per heavy atom. The van der Waals surface area contributed by atoms with Gasteiger partial charge in [0.1, 0.15) is 23.2 Å². The van der Waals surface area contributed by atoms with Crippen LogP contribution in [0.1, 0.15) is 28.1 Å². The van der Waals surface area contributed by atoms with Crippen LogP contribution in [0.25, 0.3) is 10.6 Å². The fraction of sp³-hybridized carbons (Fsp3) is 0.238. The van der Waals surface area contributed by atoms with Crippen molar-refractivity contribution in [3.63, 3.8) is 0 Å². The molecule has 158 valence electrons. The number of nitrogens with zero attached hydrogens (tertiary/aromatic N) is 1. The summed E-state index contributed by atoms with van der Waals surface area (Å²) in [5.74, 6) is -1.66. The number of aromatic nitrogens is 1. The number of carboxylic acid groups (broad SMARTS) is 1. The molecule has 0 saturated heterocycles. The molecule has 1 N–H and O–H groups in total. The molecule has 0 saturated carbocycles. The SMILES string of the molecule is Cc1nc(-c2ccc(C(F)(F)F)c(F)c2)sc1COc1cccc(CCC(=O)O)c1. The second-order valence-corrected chi connectivity index (χ2v) is 7.63. The van der Waals surface area contributed by atoms with Gasteiger partial charge in [-0.15, -0.1) is 11.3 Å². The minimum absolute atomic E-state index is 0.0183. The topological polar surface area (TPSA) is 59.4 Å². The molecule has 0 aliphatic heterocycles. The monoisotopic (exact) mass is 439 g/mol. The van der Waals surface area contributed by atoms with Crippen molar-refractivity contribution in [2.45, 2.75) is 32.5 Å². The Morgan fingerprint density at radius 1 is 1.20 bits per heavy atom. The lowest BCUT2D eigenvalue weighted by Crippen LogP contribution is -2.07. The summed E-state index contributed by atoms with van der Waals surface area (Å²) in [6, 6.07) is 9.81. The van der Waals surface area contributed by atoms with E-state index in [1.54, 1.807) is 25.1 Å². The van der Waals surface area contributed by atoms with Crippen LogP contribution >= 0.6 is 11.3 Å². The van der Waals surface area contributed by atoms with Crippen molar-refractivity contribution in [3.05, 3.63) is 70.0 Å². The molecule has 9 heteroatoms. The number of alkyl halides is 3. The molecule has 30 heavy (non-hydrogen) atoms. The minimum atomic E-state index is -4.75. The van der Waals surface area contributed by atoms with Gasteiger partial charge < -0.3 is 9.84 Å². The molecule has 0 unspecified atom stereocenters. The van der Waals surface area contributed by atoms with Gasteiger partial charge in [0, 0.05) is 12.0 Å². The first-order valence-corrected chi connectivity index (χ1v) is 9.72. The summed E-state index contributed by atoms with van der Waals surface area (Å²) in [4.78, 5) is 15.8. The molecule has 2 aromatic carbocycles. The largest absolute Gasteiger partial charge is 0.488 e. The molecule has 1 heterocycles. The number of thiazole rings is 1. The number of aryl methyl sites for hydroxylation is 2. The lowest BCUT2D eigenvalue weighted by Gasteiger charge is -2.08. The predicted molar refractivity (Wildman–Crippen MR) is 104 cm³/mol. The maximum Gasteiger partial charge on any atom is 0.419 e. The van der Waals surface area contributed by atoms with E-state index in [1.807, 2.05) is 6.07 Å². The molecule has 0 radical (unpaired) electrons. The quantitative estimate of drug-likeness (QED) is 0.468. The van der Waals surface area contributed by atoms with Gasteiger partial charge in [-0.25, -0.2) is 9.37 Å². The summed E-state index contributed by atoms with van der Waals surface area (Å²) >= 11 is 1.21. The highest BCUT2D eigenvalue weighted by Gasteiger charge is 2.34. The van der Waals surface area contributed by atoms with Gasteiger partial charge in [0.25, 0.3) is 0 Å². The van der Waals surface area contributed by atoms with Crippen LogP contribution in [0, 0.1) is 12.7 Å². The van der Waals surface area contributed by atoms with Crippen LogP contribution in [0.3, 0.4) is 0 Å². The third kappa shape index (κ3) is 5.35. The van der Waals surface area contributed by atoms with Crippen molar-refractivity contribution in [1.29, 1.82) is 0 Å². The number of benzene rings is 2. The first-order valence-electron chi connectivity index (χ1n) is 8.90. The third-order valence-electron chi connectivity index (χ3n) is 4.31. The van der Waals surface area contributed by atoms with E-state index in [4.69, 9.17) is 9.84 Å². The molecule has 1 aromatic heterocycles. The highest BCUT2D eigenvalue weighted by Crippen LogP contribution is 2.35. The van der Waals surface area contributed by atoms with E-state index >= 15 is 0 Å². The van der Waals surface area contributed by atoms with Crippen LogP contribution in [0.2, 0.25) is 0 Å². The smallest absolute Gasteiger partial charge is 0.419 e. The lowest BCUT2D eigenvalue weighted by molar-refractivity contribution is -0.140. The zero-order valence-corrected chi connectivity index (χ0v) is 16.6. The Kier molecular flexibility index (Phi) is 6.40. The van der Waals surface area contributed by atoms with E-state index in [9.17, 15) is 22.4 Å². The van der Waals surface area contributed by atoms with Crippen LogP contribution < -0.4 is 4.74 Å². The number of halogens is 4. The summed E-state index contributed by atoms with van der Waals surface area (Å²) in [6.45, 7) is 1.91. The summed E-state index contributed by atoms with van der Waals surface area (Å²) in [5, 5.41) is 9.18. The maximum atomic E-state index is 13.9. The van der Waals surface area contributed by atoms with Crippen molar-refractivity contribution in [1.82, 2.24) is 4.98 Å². The van der Waals surface area contributed by atoms with Gasteiger partial charge in [0.15, 0.2) is 0 Å². The maximum absolute atomic E-state index is 13.9. The molecule has 0 amide bonds. The number of hydrogen-bond donors (Lipinski definition) is 1. The van der Waals surface area contributed by atoms with Crippen molar-refractivity contribution < 1.29 is 32.2 Å². The number of carbonyl (C=O) groups is 1. The van der Waals surface area contributed by atoms with Gasteiger partial charge in [0.05, 0.1) is 16.1 Å². The molecule has 3 rings (SSSR count). The van der Waals surface area contributed by atoms with Crippen molar-refractivity contribution >= 4 is 17.3 Å². The van der Waals surface area contributed by atoms with Gasteiger partial charge in [-0.05, 0) is 43.2 Å². The van der Waals surface area contributed by atoms with E-state index < -0.39 is 23.5 Å². The second-order valence-electron chi connectivity index (χ2n) is 6.55. The van der Waals surface area contributed by atoms with Crippen molar-refractivity contribution in [2.24, 2.45) is 0 Å². The Balaban J connectivity index is 1.72. The van der Waals surface area contributed by atoms with E-state index in [0.717, 1.165) is 16.5 Å². The molecular formula is C21H17F4NO3S. The Hall–Kier alpha value is -2.94. The van der Waals surface area contributed by atoms with Crippen molar-refractivity contribution in [2.75, 3.05) is 0 Å². The van der Waals surface area contributed by atoms with Crippen LogP contribution in [-0.2, 0) is 24.0 Å². The van der Waals surface area contributed by atoms with Crippen LogP contribution in [0.15, 0.2) is 42.5 Å². The molecule has 0 aliphatic rings. The van der Waals surface area contributed by atoms with E-state index in [-0.39, 0.29) is 18.6 Å². The minimum Gasteiger partial charge on any atom is -0.488 e. The predicted octanol–water partition coefficient (Wildman–Crippen LogP) is 5.87. The van der Waals surface area contributed by atoms with E-state index in [0.29, 0.717) is 28.9 Å². The lowest BCUT2D eigenvalue weighted by atomic mass is 10.1. The van der Waals surface area contributed by atoms with Gasteiger partial charge in [-0.2, -0.15) is 13.2 Å². The highest BCUT2D eigenvalue weighted by molar-refractivity contribution is 7.15. The average molecular weight is 439 g/mol. The Bertz CT molecular complexity index is 1060. The van der Waals surface area contributed by atoms with Crippen LogP contribution in [-0.4, -0.2) is 16.1 Å². The Labute approximate surface area is 173 Å². The number of aliphatic carboxylic acids is 1. The standard InChI is InChI=1S/C21H17F4NO3S/c1-12-18(11-29-15-4-2-3-13(9-15)5-8-19(27)28)30-20(26-12)14-6-7-16(17(22)10-14)21(23,24)25/h2-4,6-7,9-10H,5,8,11H2,1H3,(H,27,28). The molecule has 4 nitrogen and oxygen atoms in total. The van der Waals surface area contributed by atoms with Gasteiger partial charge in [-0.1, -0.05) is 18.2 Å². The number of rotatable bonds is 7. The zero-order valence-electron chi connectivity index (χ0n) is 15.8. The van der Waals surface area contributed by atoms with Crippen LogP contribution in [0.4, 0.5) is 17.6 Å². The number of ether oxygens (including phenoxy) is 1. The number of hydrogen-bond acceptors (Lipinski definition) is 4. The molecule has 0 atom stereocenters. The normalized spacial score (nSPS) is 11.5. The van der Waals surface area contributed by atoms with E-state index in [2.05, 4.69) is 4.98 Å². The molecule has 0 spiro atoms. The van der Waals surface area contributed by atoms with Gasteiger partial charge in [0.2, 0.25) is 0 Å². The summed E-state index contributed by atoms with van der Waals surface area (Å²) < 4.78 is 57.8. The number of carboxylic acids is 1. The Morgan fingerprint density at radius 3 is 2.63 bits per heavy atom. The molecule has 0 aliphatic carbocycles. The first kappa shape index (κ1) is 21.8. The molecule has 3 aromatic rings. The van der Waals surface area contributed by atoms with Crippen LogP contribution in [0.5, 0.6) is 5.75 Å². The molecular weight excluding hydrogens is 422 g/mol. The van der Waals surface area contributed by atoms with Crippen molar-refractivity contribution in [3.8, 4) is 16.3 Å². The van der Waals surface area contributed by atoms with E-state index in [1.165, 1.54) is 17.4 Å². The molecule has 0 fully saturated rings. The van der Waals surface area contributed by atoms with Gasteiger partial charge >= 0.3 is 12.1 Å². The summed E-state index contributed by atoms with van der Waals surface area (Å²) in [7, 11) is 0. The zero-order chi connectivity index (χ0) is 21.9. The summed E-state index contributed by atoms with van der Waals surface area (Å²) in [6.07, 6.45) is -4.35. The highest BCUT2D eigenvalue weighted by atomic mass is 32.1. The first-order chi connectivity index (χ1) is 14.1. The summed E-state index contributed by atoms with van der Waals surface area (Å²) in [5.41, 5.74) is 0.413.